The number of hydrogen-bond acceptors (Lipinski definition) is 3. The van der Waals surface area contributed by atoms with Gasteiger partial charge in [-0.3, -0.25) is 0 Å². The number of anilines is 4. The zero-order chi connectivity index (χ0) is 18.5. The second-order valence-corrected chi connectivity index (χ2v) is 7.10. The van der Waals surface area contributed by atoms with E-state index in [4.69, 9.17) is 4.42 Å². The van der Waals surface area contributed by atoms with Crippen molar-refractivity contribution in [1.29, 1.82) is 0 Å². The average molecular weight is 362 g/mol. The third-order valence-corrected chi connectivity index (χ3v) is 5.47. The van der Waals surface area contributed by atoms with Gasteiger partial charge >= 0.3 is 0 Å². The van der Waals surface area contributed by atoms with Crippen LogP contribution in [0.1, 0.15) is 0 Å². The monoisotopic (exact) mass is 362 g/mol. The van der Waals surface area contributed by atoms with E-state index < -0.39 is 0 Å². The zero-order valence-electron chi connectivity index (χ0n) is 15.2. The number of rotatable bonds is 2. The lowest BCUT2D eigenvalue weighted by molar-refractivity contribution is 0.669. The molecule has 0 unspecified atom stereocenters. The molecule has 28 heavy (non-hydrogen) atoms. The fourth-order valence-electron chi connectivity index (χ4n) is 4.13. The summed E-state index contributed by atoms with van der Waals surface area (Å²) < 4.78 is 6.16. The Morgan fingerprint density at radius 1 is 0.536 bits per heavy atom. The topological polar surface area (TPSA) is 19.6 Å². The summed E-state index contributed by atoms with van der Waals surface area (Å²) >= 11 is 0. The maximum Gasteiger partial charge on any atom is 0.137 e. The van der Waals surface area contributed by atoms with Gasteiger partial charge in [-0.25, -0.2) is 0 Å². The minimum atomic E-state index is 0.772. The standard InChI is InChI=1S/C25H18N2O/c1-3-9-18(10-4-1)26-17-27(19-11-5-2-6-12-19)23-16-25-21(15-22(23)26)20-13-7-8-14-24(20)28-25/h1-16H,17H2. The number of benzene rings is 4. The highest BCUT2D eigenvalue weighted by Gasteiger charge is 2.29. The van der Waals surface area contributed by atoms with Crippen LogP contribution in [0.15, 0.2) is 101 Å². The molecule has 3 heteroatoms. The summed E-state index contributed by atoms with van der Waals surface area (Å²) in [5.74, 6) is 0. The van der Waals surface area contributed by atoms with Crippen molar-refractivity contribution in [3.63, 3.8) is 0 Å². The third kappa shape index (κ3) is 2.23. The molecule has 0 bridgehead atoms. The molecule has 3 nitrogen and oxygen atoms in total. The van der Waals surface area contributed by atoms with Crippen LogP contribution in [-0.4, -0.2) is 6.67 Å². The van der Waals surface area contributed by atoms with E-state index in [1.54, 1.807) is 0 Å². The quantitative estimate of drug-likeness (QED) is 0.343. The van der Waals surface area contributed by atoms with Crippen molar-refractivity contribution in [2.24, 2.45) is 0 Å². The van der Waals surface area contributed by atoms with Gasteiger partial charge < -0.3 is 14.2 Å². The molecule has 0 saturated heterocycles. The SMILES string of the molecule is c1ccc(N2CN(c3ccccc3)c3cc4c(cc32)oc2ccccc24)cc1. The molecule has 0 spiro atoms. The smallest absolute Gasteiger partial charge is 0.137 e. The molecule has 6 rings (SSSR count). The van der Waals surface area contributed by atoms with Crippen molar-refractivity contribution in [2.45, 2.75) is 0 Å². The Morgan fingerprint density at radius 3 is 1.79 bits per heavy atom. The Balaban J connectivity index is 1.62. The number of furan rings is 1. The Labute approximate surface area is 163 Å². The molecule has 0 atom stereocenters. The van der Waals surface area contributed by atoms with Gasteiger partial charge in [-0.1, -0.05) is 54.6 Å². The number of fused-ring (bicyclic) bond motifs is 4. The predicted octanol–water partition coefficient (Wildman–Crippen LogP) is 6.83. The molecule has 2 heterocycles. The first kappa shape index (κ1) is 15.3. The van der Waals surface area contributed by atoms with E-state index >= 15 is 0 Å². The minimum Gasteiger partial charge on any atom is -0.456 e. The molecule has 0 N–H and O–H groups in total. The molecule has 0 amide bonds. The molecule has 0 fully saturated rings. The van der Waals surface area contributed by atoms with Crippen molar-refractivity contribution in [2.75, 3.05) is 16.5 Å². The van der Waals surface area contributed by atoms with Gasteiger partial charge in [0.1, 0.15) is 17.8 Å². The summed E-state index contributed by atoms with van der Waals surface area (Å²) in [5.41, 5.74) is 6.59. The van der Waals surface area contributed by atoms with E-state index in [1.165, 1.54) is 22.7 Å². The van der Waals surface area contributed by atoms with Crippen LogP contribution in [0.3, 0.4) is 0 Å². The first-order valence-corrected chi connectivity index (χ1v) is 9.49. The normalized spacial score (nSPS) is 13.4. The van der Waals surface area contributed by atoms with E-state index in [0.717, 1.165) is 28.6 Å². The van der Waals surface area contributed by atoms with Gasteiger partial charge in [-0.05, 0) is 36.4 Å². The Kier molecular flexibility index (Phi) is 3.23. The summed E-state index contributed by atoms with van der Waals surface area (Å²) in [4.78, 5) is 4.71. The first-order valence-electron chi connectivity index (χ1n) is 9.49. The molecule has 0 aliphatic carbocycles. The average Bonchev–Trinajstić information content (AvgIpc) is 3.31. The van der Waals surface area contributed by atoms with Gasteiger partial charge in [0.25, 0.3) is 0 Å². The highest BCUT2D eigenvalue weighted by molar-refractivity contribution is 6.09. The fraction of sp³-hybridized carbons (Fsp3) is 0.0400. The third-order valence-electron chi connectivity index (χ3n) is 5.47. The van der Waals surface area contributed by atoms with Crippen LogP contribution in [0.2, 0.25) is 0 Å². The highest BCUT2D eigenvalue weighted by Crippen LogP contribution is 2.47. The maximum atomic E-state index is 6.16. The summed E-state index contributed by atoms with van der Waals surface area (Å²) in [7, 11) is 0. The van der Waals surface area contributed by atoms with Crippen LogP contribution in [0.25, 0.3) is 21.9 Å². The highest BCUT2D eigenvalue weighted by atomic mass is 16.3. The summed E-state index contributed by atoms with van der Waals surface area (Å²) in [6.45, 7) is 0.772. The molecule has 1 aliphatic heterocycles. The number of para-hydroxylation sites is 3. The van der Waals surface area contributed by atoms with Crippen LogP contribution < -0.4 is 9.80 Å². The molecule has 1 aliphatic rings. The van der Waals surface area contributed by atoms with Gasteiger partial charge in [0.15, 0.2) is 0 Å². The lowest BCUT2D eigenvalue weighted by Crippen LogP contribution is -2.23. The summed E-state index contributed by atoms with van der Waals surface area (Å²) in [6, 6.07) is 33.8. The van der Waals surface area contributed by atoms with E-state index in [9.17, 15) is 0 Å². The van der Waals surface area contributed by atoms with E-state index in [2.05, 4.69) is 94.7 Å². The minimum absolute atomic E-state index is 0.772. The van der Waals surface area contributed by atoms with E-state index in [1.807, 2.05) is 12.1 Å². The van der Waals surface area contributed by atoms with Gasteiger partial charge in [0.05, 0.1) is 11.4 Å². The molecular formula is C25H18N2O. The lowest BCUT2D eigenvalue weighted by Gasteiger charge is -2.21. The van der Waals surface area contributed by atoms with Crippen molar-refractivity contribution in [3.05, 3.63) is 97.1 Å². The van der Waals surface area contributed by atoms with Crippen LogP contribution in [0.5, 0.6) is 0 Å². The molecule has 0 saturated carbocycles. The summed E-state index contributed by atoms with van der Waals surface area (Å²) in [5, 5.41) is 2.32. The van der Waals surface area contributed by atoms with Crippen LogP contribution >= 0.6 is 0 Å². The molecular weight excluding hydrogens is 344 g/mol. The second kappa shape index (κ2) is 5.89. The second-order valence-electron chi connectivity index (χ2n) is 7.10. The van der Waals surface area contributed by atoms with Gasteiger partial charge in [-0.15, -0.1) is 0 Å². The molecule has 134 valence electrons. The Bertz CT molecular complexity index is 1290. The molecule has 5 aromatic rings. The van der Waals surface area contributed by atoms with Crippen molar-refractivity contribution in [3.8, 4) is 0 Å². The van der Waals surface area contributed by atoms with Crippen LogP contribution in [0, 0.1) is 0 Å². The Hall–Kier alpha value is -3.72. The van der Waals surface area contributed by atoms with E-state index in [0.29, 0.717) is 0 Å². The van der Waals surface area contributed by atoms with Gasteiger partial charge in [0.2, 0.25) is 0 Å². The predicted molar refractivity (Wildman–Crippen MR) is 116 cm³/mol. The lowest BCUT2D eigenvalue weighted by atomic mass is 10.1. The maximum absolute atomic E-state index is 6.16. The van der Waals surface area contributed by atoms with E-state index in [-0.39, 0.29) is 0 Å². The molecule has 0 radical (unpaired) electrons. The van der Waals surface area contributed by atoms with Gasteiger partial charge in [-0.2, -0.15) is 0 Å². The number of nitrogens with zero attached hydrogens (tertiary/aromatic N) is 2. The largest absolute Gasteiger partial charge is 0.456 e. The zero-order valence-corrected chi connectivity index (χ0v) is 15.2. The van der Waals surface area contributed by atoms with Crippen molar-refractivity contribution < 1.29 is 4.42 Å². The van der Waals surface area contributed by atoms with Gasteiger partial charge in [0, 0.05) is 28.2 Å². The van der Waals surface area contributed by atoms with Crippen molar-refractivity contribution in [1.82, 2.24) is 0 Å². The molecule has 4 aromatic carbocycles. The Morgan fingerprint density at radius 2 is 1.11 bits per heavy atom. The first-order chi connectivity index (χ1) is 13.9. The number of hydrogen-bond donors (Lipinski definition) is 0. The van der Waals surface area contributed by atoms with Crippen LogP contribution in [0.4, 0.5) is 22.7 Å². The summed E-state index contributed by atoms with van der Waals surface area (Å²) in [6.07, 6.45) is 0. The van der Waals surface area contributed by atoms with Crippen LogP contribution in [-0.2, 0) is 0 Å². The molecule has 1 aromatic heterocycles. The fourth-order valence-corrected chi connectivity index (χ4v) is 4.13. The van der Waals surface area contributed by atoms with Crippen molar-refractivity contribution >= 4 is 44.7 Å².